The highest BCUT2D eigenvalue weighted by Crippen LogP contribution is 2.32. The van der Waals surface area contributed by atoms with Crippen LogP contribution in [-0.4, -0.2) is 38.3 Å². The highest BCUT2D eigenvalue weighted by Gasteiger charge is 2.30. The minimum Gasteiger partial charge on any atom is -0.453 e. The third-order valence-corrected chi connectivity index (χ3v) is 6.33. The fraction of sp³-hybridized carbons (Fsp3) is 0.292. The maximum Gasteiger partial charge on any atom is 0.407 e. The van der Waals surface area contributed by atoms with Crippen LogP contribution in [0.25, 0.3) is 21.9 Å². The number of pyridine rings is 2. The number of carbonyl (C=O) groups excluding carboxylic acids is 1. The van der Waals surface area contributed by atoms with E-state index < -0.39 is 6.09 Å². The Kier molecular flexibility index (Phi) is 5.37. The van der Waals surface area contributed by atoms with Crippen LogP contribution in [0.5, 0.6) is 0 Å². The molecule has 0 saturated heterocycles. The highest BCUT2D eigenvalue weighted by molar-refractivity contribution is 5.83. The number of benzene rings is 1. The van der Waals surface area contributed by atoms with Crippen LogP contribution < -0.4 is 16.3 Å². The number of hydrogen-bond donors (Lipinski definition) is 2. The van der Waals surface area contributed by atoms with Crippen LogP contribution in [0.3, 0.4) is 0 Å². The average molecular weight is 457 g/mol. The second kappa shape index (κ2) is 8.51. The van der Waals surface area contributed by atoms with Crippen molar-refractivity contribution >= 4 is 39.7 Å². The molecular formula is C24H23N7O3. The number of rotatable bonds is 4. The van der Waals surface area contributed by atoms with Gasteiger partial charge in [-0.05, 0) is 43.5 Å². The number of hydrogen-bond acceptors (Lipinski definition) is 7. The number of aromatic nitrogens is 4. The van der Waals surface area contributed by atoms with E-state index in [0.29, 0.717) is 29.1 Å². The molecule has 0 bridgehead atoms. The molecule has 3 aromatic heterocycles. The van der Waals surface area contributed by atoms with E-state index >= 15 is 0 Å². The van der Waals surface area contributed by atoms with Gasteiger partial charge in [0.25, 0.3) is 0 Å². The quantitative estimate of drug-likeness (QED) is 0.481. The molecule has 1 aliphatic rings. The van der Waals surface area contributed by atoms with Crippen LogP contribution in [0.1, 0.15) is 30.9 Å². The summed E-state index contributed by atoms with van der Waals surface area (Å²) >= 11 is 0. The molecule has 1 amide bonds. The SMILES string of the molecule is COC(=O)N[C@@H]1CC[C@@H](n2c(=O)n(C)c3cnc(Nc4ccc5ccc(C#N)cc5n4)cc32)C1. The Morgan fingerprint density at radius 3 is 2.79 bits per heavy atom. The summed E-state index contributed by atoms with van der Waals surface area (Å²) in [5.41, 5.74) is 2.62. The van der Waals surface area contributed by atoms with Crippen LogP contribution in [-0.2, 0) is 11.8 Å². The predicted octanol–water partition coefficient (Wildman–Crippen LogP) is 3.35. The van der Waals surface area contributed by atoms with Gasteiger partial charge in [0.05, 0.1) is 41.5 Å². The Hall–Kier alpha value is -4.39. The Morgan fingerprint density at radius 2 is 2.00 bits per heavy atom. The van der Waals surface area contributed by atoms with Crippen molar-refractivity contribution in [2.45, 2.75) is 31.3 Å². The van der Waals surface area contributed by atoms with E-state index in [1.165, 1.54) is 7.11 Å². The van der Waals surface area contributed by atoms with Gasteiger partial charge >= 0.3 is 11.8 Å². The van der Waals surface area contributed by atoms with Gasteiger partial charge in [0.2, 0.25) is 0 Å². The van der Waals surface area contributed by atoms with Gasteiger partial charge in [0, 0.05) is 30.6 Å². The molecule has 3 heterocycles. The number of nitrogens with one attached hydrogen (secondary N) is 2. The molecule has 10 heteroatoms. The number of methoxy groups -OCH3 is 1. The summed E-state index contributed by atoms with van der Waals surface area (Å²) in [6, 6.07) is 13.0. The number of carbonyl (C=O) groups is 1. The minimum absolute atomic E-state index is 0.0425. The summed E-state index contributed by atoms with van der Waals surface area (Å²) in [5.74, 6) is 1.14. The molecule has 1 aromatic carbocycles. The first-order valence-electron chi connectivity index (χ1n) is 11.0. The number of aryl methyl sites for hydroxylation is 1. The Morgan fingerprint density at radius 1 is 1.18 bits per heavy atom. The van der Waals surface area contributed by atoms with E-state index in [1.807, 2.05) is 24.3 Å². The van der Waals surface area contributed by atoms with E-state index in [9.17, 15) is 9.59 Å². The lowest BCUT2D eigenvalue weighted by Crippen LogP contribution is -2.33. The van der Waals surface area contributed by atoms with Gasteiger partial charge in [-0.1, -0.05) is 6.07 Å². The normalized spacial score (nSPS) is 17.6. The van der Waals surface area contributed by atoms with E-state index in [2.05, 4.69) is 26.7 Å². The maximum atomic E-state index is 13.1. The predicted molar refractivity (Wildman–Crippen MR) is 127 cm³/mol. The fourth-order valence-electron chi connectivity index (χ4n) is 4.61. The molecule has 2 N–H and O–H groups in total. The number of nitrogens with zero attached hydrogens (tertiary/aromatic N) is 5. The largest absolute Gasteiger partial charge is 0.453 e. The molecule has 0 aliphatic heterocycles. The number of ether oxygens (including phenoxy) is 1. The van der Waals surface area contributed by atoms with Crippen molar-refractivity contribution in [1.29, 1.82) is 5.26 Å². The molecule has 34 heavy (non-hydrogen) atoms. The van der Waals surface area contributed by atoms with Crippen molar-refractivity contribution in [3.05, 3.63) is 58.6 Å². The smallest absolute Gasteiger partial charge is 0.407 e. The molecule has 0 radical (unpaired) electrons. The van der Waals surface area contributed by atoms with Crippen molar-refractivity contribution in [3.8, 4) is 6.07 Å². The summed E-state index contributed by atoms with van der Waals surface area (Å²) in [5, 5.41) is 16.1. The van der Waals surface area contributed by atoms with E-state index in [0.717, 1.165) is 29.3 Å². The standard InChI is InChI=1S/C24H23N7O3/c1-30-20-13-26-22(29-21-8-5-15-4-3-14(12-25)9-18(15)28-21)11-19(20)31(24(30)33)17-7-6-16(10-17)27-23(32)34-2/h3-5,8-9,11,13,16-17H,6-7,10H2,1-2H3,(H,27,32)(H,26,28,29)/t16-,17-/m1/s1. The zero-order valence-electron chi connectivity index (χ0n) is 18.8. The number of imidazole rings is 1. The van der Waals surface area contributed by atoms with Gasteiger partial charge in [-0.15, -0.1) is 0 Å². The first-order chi connectivity index (χ1) is 16.5. The molecule has 1 aliphatic carbocycles. The van der Waals surface area contributed by atoms with Crippen molar-refractivity contribution in [2.24, 2.45) is 7.05 Å². The first-order valence-corrected chi connectivity index (χ1v) is 11.0. The van der Waals surface area contributed by atoms with Crippen LogP contribution in [0, 0.1) is 11.3 Å². The van der Waals surface area contributed by atoms with Gasteiger partial charge in [-0.25, -0.2) is 19.6 Å². The number of fused-ring (bicyclic) bond motifs is 2. The van der Waals surface area contributed by atoms with Crippen molar-refractivity contribution < 1.29 is 9.53 Å². The number of anilines is 2. The zero-order chi connectivity index (χ0) is 23.8. The Balaban J connectivity index is 1.47. The third-order valence-electron chi connectivity index (χ3n) is 6.33. The number of alkyl carbamates (subject to hydrolysis) is 1. The lowest BCUT2D eigenvalue weighted by Gasteiger charge is -2.14. The van der Waals surface area contributed by atoms with Crippen molar-refractivity contribution in [1.82, 2.24) is 24.4 Å². The summed E-state index contributed by atoms with van der Waals surface area (Å²) in [7, 11) is 3.07. The van der Waals surface area contributed by atoms with Crippen LogP contribution >= 0.6 is 0 Å². The molecule has 10 nitrogen and oxygen atoms in total. The van der Waals surface area contributed by atoms with Crippen molar-refractivity contribution in [2.75, 3.05) is 12.4 Å². The van der Waals surface area contributed by atoms with E-state index in [4.69, 9.17) is 10.00 Å². The van der Waals surface area contributed by atoms with Gasteiger partial charge in [0.15, 0.2) is 0 Å². The molecule has 1 fully saturated rings. The monoisotopic (exact) mass is 457 g/mol. The molecule has 0 unspecified atom stereocenters. The van der Waals surface area contributed by atoms with Gasteiger partial charge in [-0.3, -0.25) is 9.13 Å². The first kappa shape index (κ1) is 21.5. The van der Waals surface area contributed by atoms with Crippen molar-refractivity contribution in [3.63, 3.8) is 0 Å². The highest BCUT2D eigenvalue weighted by atomic mass is 16.5. The molecule has 4 aromatic rings. The minimum atomic E-state index is -0.462. The van der Waals surface area contributed by atoms with E-state index in [1.54, 1.807) is 34.5 Å². The molecule has 172 valence electrons. The van der Waals surface area contributed by atoms with E-state index in [-0.39, 0.29) is 17.8 Å². The summed E-state index contributed by atoms with van der Waals surface area (Å²) in [4.78, 5) is 33.7. The van der Waals surface area contributed by atoms with Gasteiger partial charge in [0.1, 0.15) is 11.6 Å². The third kappa shape index (κ3) is 3.81. The van der Waals surface area contributed by atoms with Crippen LogP contribution in [0.4, 0.5) is 16.4 Å². The average Bonchev–Trinajstić information content (AvgIpc) is 3.40. The second-order valence-corrected chi connectivity index (χ2v) is 8.41. The molecule has 5 rings (SSSR count). The second-order valence-electron chi connectivity index (χ2n) is 8.41. The summed E-state index contributed by atoms with van der Waals surface area (Å²) < 4.78 is 8.08. The van der Waals surface area contributed by atoms with Gasteiger partial charge in [-0.2, -0.15) is 5.26 Å². The lowest BCUT2D eigenvalue weighted by molar-refractivity contribution is 0.166. The molecule has 1 saturated carbocycles. The van der Waals surface area contributed by atoms with Crippen LogP contribution in [0.15, 0.2) is 47.4 Å². The molecule has 0 spiro atoms. The Labute approximate surface area is 194 Å². The number of amides is 1. The Bertz CT molecular complexity index is 1520. The van der Waals surface area contributed by atoms with Gasteiger partial charge < -0.3 is 15.4 Å². The maximum absolute atomic E-state index is 13.1. The van der Waals surface area contributed by atoms with Crippen LogP contribution in [0.2, 0.25) is 0 Å². The number of nitriles is 1. The zero-order valence-corrected chi connectivity index (χ0v) is 18.8. The molecular weight excluding hydrogens is 434 g/mol. The molecule has 2 atom stereocenters. The fourth-order valence-corrected chi connectivity index (χ4v) is 4.61. The lowest BCUT2D eigenvalue weighted by atomic mass is 10.1. The summed E-state index contributed by atoms with van der Waals surface area (Å²) in [6.45, 7) is 0. The topological polar surface area (TPSA) is 127 Å². The summed E-state index contributed by atoms with van der Waals surface area (Å²) in [6.07, 6.45) is 3.39.